The fourth-order valence-corrected chi connectivity index (χ4v) is 1.53. The summed E-state index contributed by atoms with van der Waals surface area (Å²) < 4.78 is 0. The van der Waals surface area contributed by atoms with Crippen LogP contribution in [0.25, 0.3) is 0 Å². The number of hydrogen-bond donors (Lipinski definition) is 1. The lowest BCUT2D eigenvalue weighted by atomic mass is 10.1. The highest BCUT2D eigenvalue weighted by Gasteiger charge is 1.95. The molecule has 0 saturated heterocycles. The van der Waals surface area contributed by atoms with Gasteiger partial charge in [0.1, 0.15) is 0 Å². The molecule has 0 aliphatic carbocycles. The van der Waals surface area contributed by atoms with Crippen LogP contribution in [0.4, 0.5) is 4.79 Å². The average molecular weight is 213 g/mol. The number of carbonyl (C=O) groups excluding carboxylic acids is 1. The zero-order chi connectivity index (χ0) is 11.4. The summed E-state index contributed by atoms with van der Waals surface area (Å²) in [6.45, 7) is 3.01. The molecule has 1 N–H and O–H groups in total. The van der Waals surface area contributed by atoms with Gasteiger partial charge in [-0.05, 0) is 6.42 Å². The zero-order valence-corrected chi connectivity index (χ0v) is 10.2. The first-order chi connectivity index (χ1) is 7.31. The summed E-state index contributed by atoms with van der Waals surface area (Å²) in [5.41, 5.74) is 0. The van der Waals surface area contributed by atoms with Gasteiger partial charge in [0.2, 0.25) is 0 Å². The van der Waals surface area contributed by atoms with Gasteiger partial charge in [-0.2, -0.15) is 0 Å². The lowest BCUT2D eigenvalue weighted by Gasteiger charge is -2.03. The maximum absolute atomic E-state index is 10.7. The number of urea groups is 1. The number of carbonyl (C=O) groups is 1. The summed E-state index contributed by atoms with van der Waals surface area (Å²) in [5, 5.41) is 6.24. The van der Waals surface area contributed by atoms with Crippen LogP contribution in [-0.4, -0.2) is 19.6 Å². The Morgan fingerprint density at radius 2 is 1.53 bits per heavy atom. The van der Waals surface area contributed by atoms with E-state index in [0.717, 1.165) is 13.0 Å². The Morgan fingerprint density at radius 3 is 2.07 bits per heavy atom. The summed E-state index contributed by atoms with van der Waals surface area (Å²) in [6.07, 6.45) is 10.4. The maximum Gasteiger partial charge on any atom is 0.336 e. The molecule has 3 nitrogen and oxygen atoms in total. The van der Waals surface area contributed by atoms with Crippen LogP contribution in [0.5, 0.6) is 0 Å². The third-order valence-corrected chi connectivity index (χ3v) is 2.51. The van der Waals surface area contributed by atoms with Crippen molar-refractivity contribution in [2.45, 2.75) is 58.3 Å². The van der Waals surface area contributed by atoms with Gasteiger partial charge in [0.25, 0.3) is 0 Å². The molecule has 3 heteroatoms. The normalized spacial score (nSPS) is 10.0. The molecule has 0 unspecified atom stereocenters. The first-order valence-electron chi connectivity index (χ1n) is 6.19. The summed E-state index contributed by atoms with van der Waals surface area (Å²) >= 11 is 0. The standard InChI is InChI=1S/C12H25N2O/c1-3-4-5-6-7-8-9-10-11-14-12(15)13-2/h3-11H2,1-2H3,(H,14,15). The molecule has 0 bridgehead atoms. The Balaban J connectivity index is 2.95. The van der Waals surface area contributed by atoms with Crippen LogP contribution in [0.2, 0.25) is 0 Å². The summed E-state index contributed by atoms with van der Waals surface area (Å²) in [4.78, 5) is 10.7. The zero-order valence-electron chi connectivity index (χ0n) is 10.2. The smallest absolute Gasteiger partial charge is 0.336 e. The quantitative estimate of drug-likeness (QED) is 0.588. The van der Waals surface area contributed by atoms with Crippen LogP contribution in [-0.2, 0) is 0 Å². The molecule has 1 radical (unpaired) electrons. The van der Waals surface area contributed by atoms with Gasteiger partial charge in [-0.3, -0.25) is 0 Å². The fourth-order valence-electron chi connectivity index (χ4n) is 1.53. The molecule has 0 atom stereocenters. The van der Waals surface area contributed by atoms with E-state index in [1.807, 2.05) is 0 Å². The molecule has 0 rings (SSSR count). The van der Waals surface area contributed by atoms with Gasteiger partial charge in [0, 0.05) is 13.6 Å². The molecule has 0 spiro atoms. The minimum atomic E-state index is -0.196. The van der Waals surface area contributed by atoms with Crippen molar-refractivity contribution in [2.75, 3.05) is 13.6 Å². The predicted molar refractivity (Wildman–Crippen MR) is 64.1 cm³/mol. The van der Waals surface area contributed by atoms with Gasteiger partial charge in [0.05, 0.1) is 0 Å². The Kier molecular flexibility index (Phi) is 10.8. The molecule has 89 valence electrons. The second kappa shape index (κ2) is 11.3. The third kappa shape index (κ3) is 11.2. The number of unbranched alkanes of at least 4 members (excludes halogenated alkanes) is 7. The van der Waals surface area contributed by atoms with Crippen molar-refractivity contribution in [2.24, 2.45) is 0 Å². The van der Waals surface area contributed by atoms with Crippen molar-refractivity contribution in [3.05, 3.63) is 0 Å². The molecule has 0 fully saturated rings. The van der Waals surface area contributed by atoms with Gasteiger partial charge in [-0.25, -0.2) is 10.1 Å². The fraction of sp³-hybridized carbons (Fsp3) is 0.917. The molecule has 0 aromatic rings. The van der Waals surface area contributed by atoms with Crippen LogP contribution >= 0.6 is 0 Å². The van der Waals surface area contributed by atoms with Gasteiger partial charge in [-0.1, -0.05) is 51.9 Å². The van der Waals surface area contributed by atoms with E-state index in [4.69, 9.17) is 0 Å². The van der Waals surface area contributed by atoms with E-state index in [0.29, 0.717) is 0 Å². The lowest BCUT2D eigenvalue weighted by molar-refractivity contribution is 0.242. The predicted octanol–water partition coefficient (Wildman–Crippen LogP) is 3.07. The number of nitrogens with zero attached hydrogens (tertiary/aromatic N) is 1. The van der Waals surface area contributed by atoms with Gasteiger partial charge < -0.3 is 5.32 Å². The molecule has 2 amide bonds. The Bertz CT molecular complexity index is 149. The average Bonchev–Trinajstić information content (AvgIpc) is 2.26. The number of hydrogen-bond acceptors (Lipinski definition) is 1. The lowest BCUT2D eigenvalue weighted by Crippen LogP contribution is -2.28. The topological polar surface area (TPSA) is 43.2 Å². The van der Waals surface area contributed by atoms with Crippen molar-refractivity contribution in [1.29, 1.82) is 0 Å². The largest absolute Gasteiger partial charge is 0.337 e. The summed E-state index contributed by atoms with van der Waals surface area (Å²) in [6, 6.07) is -0.196. The van der Waals surface area contributed by atoms with E-state index in [9.17, 15) is 4.79 Å². The second-order valence-electron chi connectivity index (χ2n) is 3.93. The molecule has 0 heterocycles. The number of nitrogens with one attached hydrogen (secondary N) is 1. The van der Waals surface area contributed by atoms with E-state index in [-0.39, 0.29) is 6.03 Å². The monoisotopic (exact) mass is 213 g/mol. The molecule has 15 heavy (non-hydrogen) atoms. The van der Waals surface area contributed by atoms with E-state index in [2.05, 4.69) is 17.6 Å². The highest BCUT2D eigenvalue weighted by molar-refractivity contribution is 5.72. The van der Waals surface area contributed by atoms with Crippen LogP contribution in [0.1, 0.15) is 58.3 Å². The van der Waals surface area contributed by atoms with Gasteiger partial charge >= 0.3 is 6.03 Å². The number of rotatable bonds is 9. The first kappa shape index (κ1) is 14.3. The van der Waals surface area contributed by atoms with Gasteiger partial charge in [0.15, 0.2) is 0 Å². The molecular formula is C12H25N2O. The van der Waals surface area contributed by atoms with Crippen LogP contribution < -0.4 is 10.6 Å². The molecule has 0 aliphatic rings. The van der Waals surface area contributed by atoms with E-state index in [1.54, 1.807) is 0 Å². The highest BCUT2D eigenvalue weighted by Crippen LogP contribution is 2.07. The van der Waals surface area contributed by atoms with E-state index >= 15 is 0 Å². The summed E-state index contributed by atoms with van der Waals surface area (Å²) in [5.74, 6) is 0. The van der Waals surface area contributed by atoms with Crippen LogP contribution in [0, 0.1) is 0 Å². The SMILES string of the molecule is CCCCCCCCCCNC(=O)[N]C. The van der Waals surface area contributed by atoms with Crippen molar-refractivity contribution in [1.82, 2.24) is 10.6 Å². The van der Waals surface area contributed by atoms with Gasteiger partial charge in [-0.15, -0.1) is 0 Å². The molecular weight excluding hydrogens is 188 g/mol. The Hall–Kier alpha value is -0.730. The second-order valence-corrected chi connectivity index (χ2v) is 3.93. The van der Waals surface area contributed by atoms with Crippen molar-refractivity contribution < 1.29 is 4.79 Å². The first-order valence-corrected chi connectivity index (χ1v) is 6.19. The minimum Gasteiger partial charge on any atom is -0.337 e. The van der Waals surface area contributed by atoms with Crippen molar-refractivity contribution in [3.8, 4) is 0 Å². The third-order valence-electron chi connectivity index (χ3n) is 2.51. The Labute approximate surface area is 94.0 Å². The Morgan fingerprint density at radius 1 is 1.00 bits per heavy atom. The number of amides is 2. The van der Waals surface area contributed by atoms with Crippen molar-refractivity contribution in [3.63, 3.8) is 0 Å². The highest BCUT2D eigenvalue weighted by atomic mass is 16.2. The van der Waals surface area contributed by atoms with Crippen molar-refractivity contribution >= 4 is 6.03 Å². The molecule has 0 saturated carbocycles. The van der Waals surface area contributed by atoms with E-state index < -0.39 is 0 Å². The molecule has 0 aromatic carbocycles. The maximum atomic E-state index is 10.7. The molecule has 0 aromatic heterocycles. The van der Waals surface area contributed by atoms with Crippen LogP contribution in [0.3, 0.4) is 0 Å². The minimum absolute atomic E-state index is 0.196. The van der Waals surface area contributed by atoms with Crippen LogP contribution in [0.15, 0.2) is 0 Å². The summed E-state index contributed by atoms with van der Waals surface area (Å²) in [7, 11) is 1.52. The van der Waals surface area contributed by atoms with E-state index in [1.165, 1.54) is 52.0 Å². The molecule has 0 aliphatic heterocycles.